The number of rotatable bonds is 2. The zero-order valence-corrected chi connectivity index (χ0v) is 17.5. The van der Waals surface area contributed by atoms with Crippen LogP contribution >= 0.6 is 0 Å². The molecule has 3 heterocycles. The van der Waals surface area contributed by atoms with Crippen LogP contribution in [0.2, 0.25) is 0 Å². The Morgan fingerprint density at radius 2 is 1.72 bits per heavy atom. The fraction of sp³-hybridized carbons (Fsp3) is 0.591. The molecule has 7 heteroatoms. The van der Waals surface area contributed by atoms with Crippen molar-refractivity contribution in [2.45, 2.75) is 25.3 Å². The van der Waals surface area contributed by atoms with Gasteiger partial charge in [-0.3, -0.25) is 9.59 Å². The van der Waals surface area contributed by atoms with Crippen LogP contribution in [0.1, 0.15) is 30.1 Å². The van der Waals surface area contributed by atoms with Crippen LogP contribution in [0.4, 0.5) is 4.79 Å². The first-order valence-electron chi connectivity index (χ1n) is 10.5. The summed E-state index contributed by atoms with van der Waals surface area (Å²) in [7, 11) is 3.50. The molecule has 4 amide bonds. The number of amides is 4. The van der Waals surface area contributed by atoms with Crippen LogP contribution in [-0.4, -0.2) is 89.8 Å². The lowest BCUT2D eigenvalue weighted by atomic mass is 9.74. The second kappa shape index (κ2) is 7.35. The van der Waals surface area contributed by atoms with Crippen LogP contribution in [0.5, 0.6) is 0 Å². The van der Waals surface area contributed by atoms with E-state index in [0.717, 1.165) is 12.8 Å². The maximum Gasteiger partial charge on any atom is 0.319 e. The Morgan fingerprint density at radius 1 is 1.07 bits per heavy atom. The summed E-state index contributed by atoms with van der Waals surface area (Å²) in [4.78, 5) is 45.8. The molecule has 1 spiro atoms. The lowest BCUT2D eigenvalue weighted by Crippen LogP contribution is -2.58. The predicted octanol–water partition coefficient (Wildman–Crippen LogP) is 1.75. The highest BCUT2D eigenvalue weighted by Gasteiger charge is 2.61. The van der Waals surface area contributed by atoms with Gasteiger partial charge >= 0.3 is 6.03 Å². The van der Waals surface area contributed by atoms with Crippen LogP contribution < -0.4 is 0 Å². The van der Waals surface area contributed by atoms with Gasteiger partial charge in [-0.15, -0.1) is 0 Å². The van der Waals surface area contributed by atoms with Gasteiger partial charge in [-0.25, -0.2) is 4.79 Å². The molecule has 3 saturated heterocycles. The van der Waals surface area contributed by atoms with E-state index in [-0.39, 0.29) is 35.2 Å². The Balaban J connectivity index is 1.53. The highest BCUT2D eigenvalue weighted by Crippen LogP contribution is 2.49. The maximum atomic E-state index is 13.2. The molecule has 29 heavy (non-hydrogen) atoms. The van der Waals surface area contributed by atoms with E-state index < -0.39 is 0 Å². The van der Waals surface area contributed by atoms with Gasteiger partial charge in [0.2, 0.25) is 5.91 Å². The number of carbonyl (C=O) groups is 3. The molecular formula is C22H30N4O3. The van der Waals surface area contributed by atoms with Crippen LogP contribution in [0.25, 0.3) is 0 Å². The molecule has 0 bridgehead atoms. The zero-order valence-electron chi connectivity index (χ0n) is 17.5. The topological polar surface area (TPSA) is 64.2 Å². The van der Waals surface area contributed by atoms with Gasteiger partial charge in [0.1, 0.15) is 0 Å². The van der Waals surface area contributed by atoms with Crippen molar-refractivity contribution in [3.8, 4) is 0 Å². The minimum atomic E-state index is -0.245. The van der Waals surface area contributed by atoms with Crippen LogP contribution in [-0.2, 0) is 4.79 Å². The van der Waals surface area contributed by atoms with Gasteiger partial charge in [0.15, 0.2) is 0 Å². The minimum absolute atomic E-state index is 0.0258. The highest BCUT2D eigenvalue weighted by atomic mass is 16.2. The third-order valence-corrected chi connectivity index (χ3v) is 7.04. The van der Waals surface area contributed by atoms with Crippen molar-refractivity contribution < 1.29 is 14.4 Å². The van der Waals surface area contributed by atoms with E-state index in [9.17, 15) is 14.4 Å². The molecule has 7 nitrogen and oxygen atoms in total. The first-order chi connectivity index (χ1) is 13.9. The van der Waals surface area contributed by atoms with Crippen LogP contribution in [0.3, 0.4) is 0 Å². The van der Waals surface area contributed by atoms with Gasteiger partial charge in [0.25, 0.3) is 5.91 Å². The number of carbonyl (C=O) groups excluding carboxylic acids is 3. The SMILES string of the molecule is CCN1C(=O)[C@H]2CN(C(=O)N(C)C)C[C@H]2C12CCN(C(=O)c1ccccc1)CC2. The third-order valence-electron chi connectivity index (χ3n) is 7.04. The first kappa shape index (κ1) is 19.7. The molecule has 0 radical (unpaired) electrons. The number of likely N-dealkylation sites (tertiary alicyclic amines) is 3. The number of fused-ring (bicyclic) bond motifs is 2. The Labute approximate surface area is 172 Å². The van der Waals surface area contributed by atoms with Crippen molar-refractivity contribution in [3.63, 3.8) is 0 Å². The molecule has 3 aliphatic heterocycles. The predicted molar refractivity (Wildman–Crippen MR) is 109 cm³/mol. The van der Waals surface area contributed by atoms with Gasteiger partial charge in [-0.05, 0) is 31.9 Å². The Kier molecular flexibility index (Phi) is 5.00. The quantitative estimate of drug-likeness (QED) is 0.763. The number of piperidine rings is 1. The number of hydrogen-bond donors (Lipinski definition) is 0. The summed E-state index contributed by atoms with van der Waals surface area (Å²) in [6.07, 6.45) is 1.55. The van der Waals surface area contributed by atoms with Gasteiger partial charge in [0, 0.05) is 58.3 Å². The number of benzene rings is 1. The monoisotopic (exact) mass is 398 g/mol. The standard InChI is InChI=1S/C22H30N4O3/c1-4-26-20(28)17-14-25(21(29)23(2)3)15-18(17)22(26)10-12-24(13-11-22)19(27)16-8-6-5-7-9-16/h5-9,17-18H,4,10-15H2,1-3H3/t17-,18+/m0/s1. The Bertz CT molecular complexity index is 802. The van der Waals surface area contributed by atoms with Gasteiger partial charge in [-0.2, -0.15) is 0 Å². The number of urea groups is 1. The van der Waals surface area contributed by atoms with Gasteiger partial charge < -0.3 is 19.6 Å². The Hall–Kier alpha value is -2.57. The van der Waals surface area contributed by atoms with Gasteiger partial charge in [-0.1, -0.05) is 18.2 Å². The first-order valence-corrected chi connectivity index (χ1v) is 10.5. The van der Waals surface area contributed by atoms with Crippen LogP contribution in [0, 0.1) is 11.8 Å². The molecule has 3 aliphatic rings. The van der Waals surface area contributed by atoms with Crippen molar-refractivity contribution in [2.75, 3.05) is 46.8 Å². The van der Waals surface area contributed by atoms with Crippen molar-refractivity contribution in [3.05, 3.63) is 35.9 Å². The summed E-state index contributed by atoms with van der Waals surface area (Å²) in [6, 6.07) is 9.34. The lowest BCUT2D eigenvalue weighted by Gasteiger charge is -2.47. The van der Waals surface area contributed by atoms with Crippen molar-refractivity contribution >= 4 is 17.8 Å². The minimum Gasteiger partial charge on any atom is -0.338 e. The van der Waals surface area contributed by atoms with Crippen molar-refractivity contribution in [1.82, 2.24) is 19.6 Å². The summed E-state index contributed by atoms with van der Waals surface area (Å²) in [5.41, 5.74) is 0.463. The van der Waals surface area contributed by atoms with Crippen molar-refractivity contribution in [1.29, 1.82) is 0 Å². The van der Waals surface area contributed by atoms with E-state index in [1.807, 2.05) is 52.0 Å². The molecule has 2 atom stereocenters. The molecule has 1 aromatic carbocycles. The molecule has 0 N–H and O–H groups in total. The van der Waals surface area contributed by atoms with E-state index >= 15 is 0 Å². The lowest BCUT2D eigenvalue weighted by molar-refractivity contribution is -0.135. The molecule has 0 saturated carbocycles. The van der Waals surface area contributed by atoms with E-state index in [1.54, 1.807) is 19.0 Å². The Morgan fingerprint density at radius 3 is 2.31 bits per heavy atom. The number of nitrogens with zero attached hydrogens (tertiary/aromatic N) is 4. The van der Waals surface area contributed by atoms with E-state index in [2.05, 4.69) is 0 Å². The fourth-order valence-electron chi connectivity index (χ4n) is 5.63. The summed E-state index contributed by atoms with van der Waals surface area (Å²) >= 11 is 0. The summed E-state index contributed by atoms with van der Waals surface area (Å²) in [5.74, 6) is 0.262. The number of hydrogen-bond acceptors (Lipinski definition) is 3. The zero-order chi connectivity index (χ0) is 20.8. The molecule has 4 rings (SSSR count). The van der Waals surface area contributed by atoms with Crippen molar-refractivity contribution in [2.24, 2.45) is 11.8 Å². The molecule has 0 aliphatic carbocycles. The smallest absolute Gasteiger partial charge is 0.319 e. The van der Waals surface area contributed by atoms with Gasteiger partial charge in [0.05, 0.1) is 11.5 Å². The summed E-state index contributed by atoms with van der Waals surface area (Å²) in [6.45, 7) is 5.12. The second-order valence-corrected chi connectivity index (χ2v) is 8.64. The third kappa shape index (κ3) is 3.07. The fourth-order valence-corrected chi connectivity index (χ4v) is 5.63. The molecule has 0 aromatic heterocycles. The molecule has 3 fully saturated rings. The van der Waals surface area contributed by atoms with E-state index in [4.69, 9.17) is 0 Å². The molecular weight excluding hydrogens is 368 g/mol. The molecule has 0 unspecified atom stereocenters. The van der Waals surface area contributed by atoms with E-state index in [0.29, 0.717) is 38.3 Å². The normalized spacial score (nSPS) is 25.5. The second-order valence-electron chi connectivity index (χ2n) is 8.64. The average Bonchev–Trinajstić information content (AvgIpc) is 3.27. The largest absolute Gasteiger partial charge is 0.338 e. The molecule has 156 valence electrons. The average molecular weight is 399 g/mol. The van der Waals surface area contributed by atoms with E-state index in [1.165, 1.54) is 0 Å². The molecule has 1 aromatic rings. The van der Waals surface area contributed by atoms with Crippen LogP contribution in [0.15, 0.2) is 30.3 Å². The summed E-state index contributed by atoms with van der Waals surface area (Å²) < 4.78 is 0. The summed E-state index contributed by atoms with van der Waals surface area (Å²) in [5, 5.41) is 0. The highest BCUT2D eigenvalue weighted by molar-refractivity contribution is 5.94. The maximum absolute atomic E-state index is 13.2.